The first-order chi connectivity index (χ1) is 13.1. The van der Waals surface area contributed by atoms with Crippen LogP contribution in [0.5, 0.6) is 5.75 Å². The van der Waals surface area contributed by atoms with Crippen LogP contribution >= 0.6 is 0 Å². The molecular weight excluding hydrogens is 346 g/mol. The minimum atomic E-state index is -0.396. The fourth-order valence-corrected chi connectivity index (χ4v) is 2.52. The van der Waals surface area contributed by atoms with Gasteiger partial charge in [-0.3, -0.25) is 0 Å². The van der Waals surface area contributed by atoms with Gasteiger partial charge in [0.15, 0.2) is 5.82 Å². The number of carbonyl (C=O) groups is 1. The van der Waals surface area contributed by atoms with Gasteiger partial charge >= 0.3 is 5.97 Å². The van der Waals surface area contributed by atoms with E-state index >= 15 is 0 Å². The fourth-order valence-electron chi connectivity index (χ4n) is 2.52. The molecule has 2 aromatic heterocycles. The third kappa shape index (κ3) is 4.22. The van der Waals surface area contributed by atoms with Crippen molar-refractivity contribution in [2.24, 2.45) is 0 Å². The van der Waals surface area contributed by atoms with Crippen LogP contribution in [0.1, 0.15) is 28.5 Å². The SMILES string of the molecule is CCOC(=O)c1cnn(-c2ccc(NCc3ccc(OC)cc3)nn2)c1C. The Morgan fingerprint density at radius 2 is 1.93 bits per heavy atom. The second-order valence-electron chi connectivity index (χ2n) is 5.75. The highest BCUT2D eigenvalue weighted by molar-refractivity contribution is 5.90. The molecule has 0 fully saturated rings. The van der Waals surface area contributed by atoms with Crippen molar-refractivity contribution >= 4 is 11.8 Å². The zero-order valence-corrected chi connectivity index (χ0v) is 15.5. The first-order valence-electron chi connectivity index (χ1n) is 8.55. The van der Waals surface area contributed by atoms with E-state index in [0.717, 1.165) is 11.3 Å². The van der Waals surface area contributed by atoms with Gasteiger partial charge in [0.2, 0.25) is 0 Å². The lowest BCUT2D eigenvalue weighted by Crippen LogP contribution is -2.09. The monoisotopic (exact) mass is 367 g/mol. The summed E-state index contributed by atoms with van der Waals surface area (Å²) in [4.78, 5) is 11.9. The Labute approximate surface area is 157 Å². The lowest BCUT2D eigenvalue weighted by Gasteiger charge is -2.08. The third-order valence-electron chi connectivity index (χ3n) is 4.01. The number of carbonyl (C=O) groups excluding carboxylic acids is 1. The molecule has 0 saturated carbocycles. The van der Waals surface area contributed by atoms with E-state index in [1.54, 1.807) is 31.7 Å². The van der Waals surface area contributed by atoms with Gasteiger partial charge in [-0.2, -0.15) is 5.10 Å². The van der Waals surface area contributed by atoms with Crippen molar-refractivity contribution < 1.29 is 14.3 Å². The van der Waals surface area contributed by atoms with Gasteiger partial charge in [0, 0.05) is 6.54 Å². The van der Waals surface area contributed by atoms with Crippen LogP contribution in [-0.2, 0) is 11.3 Å². The molecule has 0 aliphatic carbocycles. The maximum atomic E-state index is 11.9. The number of aromatic nitrogens is 4. The molecule has 1 aromatic carbocycles. The number of methoxy groups -OCH3 is 1. The summed E-state index contributed by atoms with van der Waals surface area (Å²) in [5.41, 5.74) is 2.17. The molecule has 2 heterocycles. The number of hydrogen-bond acceptors (Lipinski definition) is 7. The molecule has 0 spiro atoms. The number of nitrogens with zero attached hydrogens (tertiary/aromatic N) is 4. The number of hydrogen-bond donors (Lipinski definition) is 1. The molecule has 0 aliphatic heterocycles. The second kappa shape index (κ2) is 8.31. The van der Waals surface area contributed by atoms with Crippen molar-refractivity contribution in [1.29, 1.82) is 0 Å². The molecule has 140 valence electrons. The van der Waals surface area contributed by atoms with Crippen molar-refractivity contribution in [2.75, 3.05) is 19.0 Å². The highest BCUT2D eigenvalue weighted by Gasteiger charge is 2.16. The smallest absolute Gasteiger partial charge is 0.341 e. The number of rotatable bonds is 7. The Bertz CT molecular complexity index is 904. The largest absolute Gasteiger partial charge is 0.497 e. The molecular formula is C19H21N5O3. The topological polar surface area (TPSA) is 91.2 Å². The maximum Gasteiger partial charge on any atom is 0.341 e. The predicted octanol–water partition coefficient (Wildman–Crippen LogP) is 2.77. The molecule has 8 heteroatoms. The maximum absolute atomic E-state index is 11.9. The zero-order valence-electron chi connectivity index (χ0n) is 15.5. The average Bonchev–Trinajstić information content (AvgIpc) is 3.09. The quantitative estimate of drug-likeness (QED) is 0.642. The first-order valence-corrected chi connectivity index (χ1v) is 8.55. The summed E-state index contributed by atoms with van der Waals surface area (Å²) in [6.07, 6.45) is 1.48. The number of nitrogens with one attached hydrogen (secondary N) is 1. The van der Waals surface area contributed by atoms with Crippen molar-refractivity contribution in [3.8, 4) is 11.6 Å². The molecule has 0 atom stereocenters. The Balaban J connectivity index is 1.67. The molecule has 0 aliphatic rings. The summed E-state index contributed by atoms with van der Waals surface area (Å²) in [7, 11) is 1.64. The van der Waals surface area contributed by atoms with Gasteiger partial charge in [-0.15, -0.1) is 10.2 Å². The van der Waals surface area contributed by atoms with Crippen LogP contribution in [-0.4, -0.2) is 39.7 Å². The molecule has 3 aromatic rings. The van der Waals surface area contributed by atoms with E-state index in [9.17, 15) is 4.79 Å². The Kier molecular flexibility index (Phi) is 5.65. The van der Waals surface area contributed by atoms with Crippen LogP contribution < -0.4 is 10.1 Å². The normalized spacial score (nSPS) is 10.5. The summed E-state index contributed by atoms with van der Waals surface area (Å²) < 4.78 is 11.7. The Morgan fingerprint density at radius 3 is 2.56 bits per heavy atom. The molecule has 0 unspecified atom stereocenters. The number of esters is 1. The van der Waals surface area contributed by atoms with Crippen molar-refractivity contribution in [3.63, 3.8) is 0 Å². The highest BCUT2D eigenvalue weighted by atomic mass is 16.5. The lowest BCUT2D eigenvalue weighted by atomic mass is 10.2. The van der Waals surface area contributed by atoms with Crippen LogP contribution in [0.25, 0.3) is 5.82 Å². The van der Waals surface area contributed by atoms with E-state index in [1.165, 1.54) is 6.20 Å². The zero-order chi connectivity index (χ0) is 19.2. The van der Waals surface area contributed by atoms with Gasteiger partial charge < -0.3 is 14.8 Å². The van der Waals surface area contributed by atoms with Gasteiger partial charge in [-0.05, 0) is 43.7 Å². The van der Waals surface area contributed by atoms with Gasteiger partial charge in [0.05, 0.1) is 25.6 Å². The number of ether oxygens (including phenoxy) is 2. The van der Waals surface area contributed by atoms with Crippen LogP contribution in [0.2, 0.25) is 0 Å². The van der Waals surface area contributed by atoms with E-state index in [0.29, 0.717) is 36.0 Å². The van der Waals surface area contributed by atoms with Gasteiger partial charge in [-0.1, -0.05) is 12.1 Å². The van der Waals surface area contributed by atoms with Gasteiger partial charge in [-0.25, -0.2) is 9.48 Å². The predicted molar refractivity (Wildman–Crippen MR) is 100 cm³/mol. The first kappa shape index (κ1) is 18.4. The van der Waals surface area contributed by atoms with E-state index in [1.807, 2.05) is 30.3 Å². The lowest BCUT2D eigenvalue weighted by molar-refractivity contribution is 0.0525. The molecule has 0 bridgehead atoms. The van der Waals surface area contributed by atoms with Crippen molar-refractivity contribution in [1.82, 2.24) is 20.0 Å². The van der Waals surface area contributed by atoms with Crippen LogP contribution in [0.15, 0.2) is 42.6 Å². The van der Waals surface area contributed by atoms with E-state index in [4.69, 9.17) is 9.47 Å². The second-order valence-corrected chi connectivity index (χ2v) is 5.75. The molecule has 0 radical (unpaired) electrons. The Hall–Kier alpha value is -3.42. The van der Waals surface area contributed by atoms with Gasteiger partial charge in [0.1, 0.15) is 17.1 Å². The number of anilines is 1. The molecule has 1 N–H and O–H groups in total. The van der Waals surface area contributed by atoms with E-state index in [2.05, 4.69) is 20.6 Å². The summed E-state index contributed by atoms with van der Waals surface area (Å²) in [6.45, 7) is 4.49. The van der Waals surface area contributed by atoms with Crippen molar-refractivity contribution in [2.45, 2.75) is 20.4 Å². The summed E-state index contributed by atoms with van der Waals surface area (Å²) >= 11 is 0. The van der Waals surface area contributed by atoms with Crippen LogP contribution in [0, 0.1) is 6.92 Å². The summed E-state index contributed by atoms with van der Waals surface area (Å²) in [5, 5.41) is 15.8. The standard InChI is InChI=1S/C19H21N5O3/c1-4-27-19(25)16-12-21-24(13(16)2)18-10-9-17(22-23-18)20-11-14-5-7-15(26-3)8-6-14/h5-10,12H,4,11H2,1-3H3,(H,20,22). The summed E-state index contributed by atoms with van der Waals surface area (Å²) in [5.74, 6) is 1.59. The number of benzene rings is 1. The van der Waals surface area contributed by atoms with E-state index < -0.39 is 5.97 Å². The fraction of sp³-hybridized carbons (Fsp3) is 0.263. The Morgan fingerprint density at radius 1 is 1.15 bits per heavy atom. The van der Waals surface area contributed by atoms with Crippen LogP contribution in [0.4, 0.5) is 5.82 Å². The molecule has 0 amide bonds. The van der Waals surface area contributed by atoms with E-state index in [-0.39, 0.29) is 0 Å². The summed E-state index contributed by atoms with van der Waals surface area (Å²) in [6, 6.07) is 11.4. The molecule has 27 heavy (non-hydrogen) atoms. The minimum absolute atomic E-state index is 0.317. The third-order valence-corrected chi connectivity index (χ3v) is 4.01. The molecule has 8 nitrogen and oxygen atoms in total. The van der Waals surface area contributed by atoms with Crippen molar-refractivity contribution in [3.05, 3.63) is 59.4 Å². The average molecular weight is 367 g/mol. The van der Waals surface area contributed by atoms with Gasteiger partial charge in [0.25, 0.3) is 0 Å². The minimum Gasteiger partial charge on any atom is -0.497 e. The molecule has 0 saturated heterocycles. The highest BCUT2D eigenvalue weighted by Crippen LogP contribution is 2.15. The van der Waals surface area contributed by atoms with Crippen LogP contribution in [0.3, 0.4) is 0 Å². The molecule has 3 rings (SSSR count).